The third kappa shape index (κ3) is 10.4. The summed E-state index contributed by atoms with van der Waals surface area (Å²) in [6, 6.07) is 0.464. The molecule has 1 aliphatic heterocycles. The van der Waals surface area contributed by atoms with E-state index >= 15 is 0 Å². The Hall–Kier alpha value is -0.810. The summed E-state index contributed by atoms with van der Waals surface area (Å²) in [5, 5.41) is 7.01. The van der Waals surface area contributed by atoms with Gasteiger partial charge in [0.1, 0.15) is 0 Å². The first-order chi connectivity index (χ1) is 12.6. The number of piperidine rings is 1. The Morgan fingerprint density at radius 1 is 1.23 bits per heavy atom. The van der Waals surface area contributed by atoms with Crippen LogP contribution in [0.3, 0.4) is 0 Å². The molecule has 0 aromatic heterocycles. The largest absolute Gasteiger partial charge is 0.356 e. The number of likely N-dealkylation sites (tertiary alicyclic amines) is 1. The van der Waals surface area contributed by atoms with Gasteiger partial charge in [-0.3, -0.25) is 4.99 Å². The van der Waals surface area contributed by atoms with Crippen LogP contribution >= 0.6 is 0 Å². The average molecular weight is 368 g/mol. The summed E-state index contributed by atoms with van der Waals surface area (Å²) in [5.74, 6) is 1.83. The molecule has 1 heterocycles. The number of aliphatic imine (C=N–C) groups is 1. The van der Waals surface area contributed by atoms with Crippen LogP contribution in [-0.2, 0) is 0 Å². The van der Waals surface area contributed by atoms with Crippen molar-refractivity contribution < 1.29 is 0 Å². The zero-order valence-electron chi connectivity index (χ0n) is 18.2. The molecule has 2 N–H and O–H groups in total. The van der Waals surface area contributed by atoms with Gasteiger partial charge in [0.2, 0.25) is 0 Å². The smallest absolute Gasteiger partial charge is 0.191 e. The zero-order valence-corrected chi connectivity index (χ0v) is 18.2. The van der Waals surface area contributed by atoms with Gasteiger partial charge in [-0.05, 0) is 84.1 Å². The molecule has 0 aliphatic carbocycles. The maximum absolute atomic E-state index is 4.37. The van der Waals surface area contributed by atoms with Crippen LogP contribution in [0.15, 0.2) is 4.99 Å². The molecule has 0 saturated carbocycles. The van der Waals surface area contributed by atoms with E-state index in [1.807, 2.05) is 7.05 Å². The highest BCUT2D eigenvalue weighted by Gasteiger charge is 2.15. The second kappa shape index (κ2) is 14.3. The molecule has 5 nitrogen and oxygen atoms in total. The van der Waals surface area contributed by atoms with E-state index < -0.39 is 0 Å². The molecule has 0 amide bonds. The molecule has 1 fully saturated rings. The second-order valence-electron chi connectivity index (χ2n) is 7.97. The van der Waals surface area contributed by atoms with Crippen molar-refractivity contribution in [1.29, 1.82) is 0 Å². The number of hydrogen-bond acceptors (Lipinski definition) is 3. The molecular weight excluding hydrogens is 322 g/mol. The van der Waals surface area contributed by atoms with Gasteiger partial charge in [-0.25, -0.2) is 0 Å². The predicted octanol–water partition coefficient (Wildman–Crippen LogP) is 3.17. The van der Waals surface area contributed by atoms with Gasteiger partial charge in [0.15, 0.2) is 5.96 Å². The average Bonchev–Trinajstić information content (AvgIpc) is 2.64. The van der Waals surface area contributed by atoms with Crippen LogP contribution in [0, 0.1) is 5.92 Å². The first-order valence-corrected chi connectivity index (χ1v) is 11.0. The summed E-state index contributed by atoms with van der Waals surface area (Å²) in [6.07, 6.45) is 7.69. The van der Waals surface area contributed by atoms with Crippen molar-refractivity contribution >= 4 is 5.96 Å². The minimum absolute atomic E-state index is 0.464. The van der Waals surface area contributed by atoms with Crippen LogP contribution in [0.1, 0.15) is 66.2 Å². The Balaban J connectivity index is 2.08. The summed E-state index contributed by atoms with van der Waals surface area (Å²) in [4.78, 5) is 9.50. The lowest BCUT2D eigenvalue weighted by molar-refractivity contribution is 0.181. The molecular formula is C21H45N5. The predicted molar refractivity (Wildman–Crippen MR) is 115 cm³/mol. The molecule has 1 rings (SSSR count). The third-order valence-corrected chi connectivity index (χ3v) is 5.55. The minimum Gasteiger partial charge on any atom is -0.356 e. The maximum atomic E-state index is 4.37. The number of guanidine groups is 1. The molecule has 2 atom stereocenters. The van der Waals surface area contributed by atoms with Gasteiger partial charge in [0.25, 0.3) is 0 Å². The van der Waals surface area contributed by atoms with Crippen molar-refractivity contribution in [3.05, 3.63) is 0 Å². The van der Waals surface area contributed by atoms with Crippen LogP contribution in [0.25, 0.3) is 0 Å². The topological polar surface area (TPSA) is 42.9 Å². The summed E-state index contributed by atoms with van der Waals surface area (Å²) in [6.45, 7) is 17.5. The van der Waals surface area contributed by atoms with E-state index in [-0.39, 0.29) is 0 Å². The molecule has 1 saturated heterocycles. The van der Waals surface area contributed by atoms with Crippen LogP contribution in [-0.4, -0.2) is 74.7 Å². The Morgan fingerprint density at radius 3 is 2.65 bits per heavy atom. The van der Waals surface area contributed by atoms with Crippen LogP contribution in [0.5, 0.6) is 0 Å². The maximum Gasteiger partial charge on any atom is 0.191 e. The first kappa shape index (κ1) is 23.2. The highest BCUT2D eigenvalue weighted by atomic mass is 15.2. The summed E-state index contributed by atoms with van der Waals surface area (Å²) >= 11 is 0. The van der Waals surface area contributed by atoms with Crippen molar-refractivity contribution in [3.8, 4) is 0 Å². The quantitative estimate of drug-likeness (QED) is 0.316. The summed E-state index contributed by atoms with van der Waals surface area (Å²) in [7, 11) is 1.87. The van der Waals surface area contributed by atoms with Crippen LogP contribution < -0.4 is 10.6 Å². The molecule has 0 aromatic rings. The van der Waals surface area contributed by atoms with E-state index in [4.69, 9.17) is 0 Å². The monoisotopic (exact) mass is 367 g/mol. The van der Waals surface area contributed by atoms with E-state index in [9.17, 15) is 0 Å². The van der Waals surface area contributed by atoms with E-state index in [1.54, 1.807) is 0 Å². The van der Waals surface area contributed by atoms with E-state index in [1.165, 1.54) is 64.7 Å². The van der Waals surface area contributed by atoms with Crippen molar-refractivity contribution in [3.63, 3.8) is 0 Å². The first-order valence-electron chi connectivity index (χ1n) is 11.0. The third-order valence-electron chi connectivity index (χ3n) is 5.55. The lowest BCUT2D eigenvalue weighted by Gasteiger charge is -2.30. The number of unbranched alkanes of at least 4 members (excludes halogenated alkanes) is 1. The van der Waals surface area contributed by atoms with Gasteiger partial charge in [-0.2, -0.15) is 0 Å². The highest BCUT2D eigenvalue weighted by molar-refractivity contribution is 5.79. The van der Waals surface area contributed by atoms with Crippen molar-refractivity contribution in [2.45, 2.75) is 72.3 Å². The molecule has 2 unspecified atom stereocenters. The van der Waals surface area contributed by atoms with Gasteiger partial charge in [-0.15, -0.1) is 0 Å². The van der Waals surface area contributed by atoms with Gasteiger partial charge in [-0.1, -0.05) is 20.8 Å². The summed E-state index contributed by atoms with van der Waals surface area (Å²) < 4.78 is 0. The fourth-order valence-corrected chi connectivity index (χ4v) is 3.82. The molecule has 0 spiro atoms. The van der Waals surface area contributed by atoms with Gasteiger partial charge >= 0.3 is 0 Å². The lowest BCUT2D eigenvalue weighted by Crippen LogP contribution is -2.43. The normalized spacial score (nSPS) is 20.4. The number of nitrogens with one attached hydrogen (secondary N) is 2. The molecule has 0 radical (unpaired) electrons. The standard InChI is InChI=1S/C21H45N5/c1-6-25(7-2)16-11-13-20(4)24-21(22-5)23-14-8-9-15-26-17-10-12-19(3)18-26/h19-20H,6-18H2,1-5H3,(H2,22,23,24). The molecule has 26 heavy (non-hydrogen) atoms. The van der Waals surface area contributed by atoms with Gasteiger partial charge in [0, 0.05) is 26.2 Å². The minimum atomic E-state index is 0.464. The molecule has 5 heteroatoms. The molecule has 154 valence electrons. The number of rotatable bonds is 12. The molecule has 0 aromatic carbocycles. The Labute approximate surface area is 163 Å². The Morgan fingerprint density at radius 2 is 2.00 bits per heavy atom. The van der Waals surface area contributed by atoms with E-state index in [0.29, 0.717) is 6.04 Å². The SMILES string of the molecule is CCN(CC)CCCC(C)NC(=NC)NCCCCN1CCCC(C)C1. The van der Waals surface area contributed by atoms with Gasteiger partial charge in [0.05, 0.1) is 0 Å². The van der Waals surface area contributed by atoms with Gasteiger partial charge < -0.3 is 20.4 Å². The zero-order chi connectivity index (χ0) is 19.2. The number of nitrogens with zero attached hydrogens (tertiary/aromatic N) is 3. The summed E-state index contributed by atoms with van der Waals surface area (Å²) in [5.41, 5.74) is 0. The van der Waals surface area contributed by atoms with Crippen molar-refractivity contribution in [2.24, 2.45) is 10.9 Å². The molecule has 0 bridgehead atoms. The van der Waals surface area contributed by atoms with Crippen molar-refractivity contribution in [1.82, 2.24) is 20.4 Å². The fraction of sp³-hybridized carbons (Fsp3) is 0.952. The lowest BCUT2D eigenvalue weighted by atomic mass is 10.0. The Kier molecular flexibility index (Phi) is 12.8. The van der Waals surface area contributed by atoms with Crippen LogP contribution in [0.4, 0.5) is 0 Å². The Bertz CT molecular complexity index is 367. The second-order valence-corrected chi connectivity index (χ2v) is 7.97. The van der Waals surface area contributed by atoms with Crippen LogP contribution in [0.2, 0.25) is 0 Å². The molecule has 1 aliphatic rings. The van der Waals surface area contributed by atoms with E-state index in [0.717, 1.165) is 31.5 Å². The van der Waals surface area contributed by atoms with E-state index in [2.05, 4.69) is 53.1 Å². The van der Waals surface area contributed by atoms with Crippen molar-refractivity contribution in [2.75, 3.05) is 52.9 Å². The fourth-order valence-electron chi connectivity index (χ4n) is 3.82. The number of hydrogen-bond donors (Lipinski definition) is 2. The highest BCUT2D eigenvalue weighted by Crippen LogP contribution is 2.15.